The van der Waals surface area contributed by atoms with Gasteiger partial charge in [-0.2, -0.15) is 0 Å². The number of rotatable bonds is 3. The maximum Gasteiger partial charge on any atom is 0.0757 e. The predicted molar refractivity (Wildman–Crippen MR) is 80.2 cm³/mol. The molecule has 1 aliphatic heterocycles. The van der Waals surface area contributed by atoms with Gasteiger partial charge in [-0.25, -0.2) is 0 Å². The molecular formula is C16H32N2O. The molecule has 3 nitrogen and oxygen atoms in total. The Hall–Kier alpha value is -0.120. The van der Waals surface area contributed by atoms with E-state index in [1.54, 1.807) is 0 Å². The second-order valence-corrected chi connectivity index (χ2v) is 7.23. The van der Waals surface area contributed by atoms with Crippen molar-refractivity contribution in [3.05, 3.63) is 0 Å². The van der Waals surface area contributed by atoms with E-state index in [0.29, 0.717) is 6.10 Å². The summed E-state index contributed by atoms with van der Waals surface area (Å²) in [4.78, 5) is 2.68. The van der Waals surface area contributed by atoms with Gasteiger partial charge >= 0.3 is 0 Å². The lowest BCUT2D eigenvalue weighted by Gasteiger charge is -2.56. The van der Waals surface area contributed by atoms with Gasteiger partial charge in [-0.3, -0.25) is 4.90 Å². The highest BCUT2D eigenvalue weighted by atomic mass is 16.5. The van der Waals surface area contributed by atoms with E-state index in [2.05, 4.69) is 32.6 Å². The van der Waals surface area contributed by atoms with Crippen LogP contribution in [-0.2, 0) is 4.74 Å². The summed E-state index contributed by atoms with van der Waals surface area (Å²) in [5.41, 5.74) is 6.47. The SMILES string of the molecule is CCC1CCCCC1(CN)N1CC(C)OC(C)(C)C1. The van der Waals surface area contributed by atoms with E-state index in [-0.39, 0.29) is 11.1 Å². The largest absolute Gasteiger partial charge is 0.370 e. The Kier molecular flexibility index (Phi) is 4.59. The fourth-order valence-electron chi connectivity index (χ4n) is 4.49. The van der Waals surface area contributed by atoms with E-state index >= 15 is 0 Å². The summed E-state index contributed by atoms with van der Waals surface area (Å²) < 4.78 is 6.07. The summed E-state index contributed by atoms with van der Waals surface area (Å²) in [6, 6.07) is 0. The second kappa shape index (κ2) is 5.71. The number of nitrogens with zero attached hydrogens (tertiary/aromatic N) is 1. The molecule has 3 unspecified atom stereocenters. The first kappa shape index (κ1) is 15.3. The van der Waals surface area contributed by atoms with Gasteiger partial charge in [0.25, 0.3) is 0 Å². The highest BCUT2D eigenvalue weighted by Crippen LogP contribution is 2.42. The third kappa shape index (κ3) is 2.98. The summed E-state index contributed by atoms with van der Waals surface area (Å²) in [5.74, 6) is 0.757. The third-order valence-electron chi connectivity index (χ3n) is 5.22. The average molecular weight is 268 g/mol. The van der Waals surface area contributed by atoms with Crippen LogP contribution in [0.3, 0.4) is 0 Å². The molecule has 2 rings (SSSR count). The topological polar surface area (TPSA) is 38.5 Å². The molecule has 0 bridgehead atoms. The summed E-state index contributed by atoms with van der Waals surface area (Å²) in [6.07, 6.45) is 6.89. The lowest BCUT2D eigenvalue weighted by Crippen LogP contribution is -2.66. The van der Waals surface area contributed by atoms with Gasteiger partial charge in [0.05, 0.1) is 11.7 Å². The van der Waals surface area contributed by atoms with Gasteiger partial charge in [0.1, 0.15) is 0 Å². The molecule has 2 fully saturated rings. The Morgan fingerprint density at radius 1 is 1.32 bits per heavy atom. The van der Waals surface area contributed by atoms with Gasteiger partial charge in [-0.1, -0.05) is 26.2 Å². The van der Waals surface area contributed by atoms with Gasteiger partial charge in [-0.05, 0) is 39.5 Å². The van der Waals surface area contributed by atoms with Gasteiger partial charge in [-0.15, -0.1) is 0 Å². The average Bonchev–Trinajstić information content (AvgIpc) is 2.36. The van der Waals surface area contributed by atoms with Crippen LogP contribution in [0.5, 0.6) is 0 Å². The zero-order chi connectivity index (χ0) is 14.1. The van der Waals surface area contributed by atoms with Crippen LogP contribution in [0.1, 0.15) is 59.8 Å². The molecule has 19 heavy (non-hydrogen) atoms. The molecule has 1 aliphatic carbocycles. The van der Waals surface area contributed by atoms with Crippen LogP contribution in [0.15, 0.2) is 0 Å². The zero-order valence-electron chi connectivity index (χ0n) is 13.2. The summed E-state index contributed by atoms with van der Waals surface area (Å²) >= 11 is 0. The molecule has 0 aromatic carbocycles. The van der Waals surface area contributed by atoms with Crippen molar-refractivity contribution in [3.8, 4) is 0 Å². The molecule has 0 spiro atoms. The van der Waals surface area contributed by atoms with Crippen molar-refractivity contribution in [3.63, 3.8) is 0 Å². The number of hydrogen-bond donors (Lipinski definition) is 1. The van der Waals surface area contributed by atoms with Crippen molar-refractivity contribution in [2.75, 3.05) is 19.6 Å². The molecule has 0 radical (unpaired) electrons. The summed E-state index contributed by atoms with van der Waals surface area (Å²) in [5, 5.41) is 0. The normalized spacial score (nSPS) is 40.3. The second-order valence-electron chi connectivity index (χ2n) is 7.23. The van der Waals surface area contributed by atoms with Crippen LogP contribution in [-0.4, -0.2) is 41.8 Å². The van der Waals surface area contributed by atoms with Gasteiger partial charge in [0.15, 0.2) is 0 Å². The molecule has 3 atom stereocenters. The van der Waals surface area contributed by atoms with Crippen molar-refractivity contribution >= 4 is 0 Å². The van der Waals surface area contributed by atoms with E-state index in [1.807, 2.05) is 0 Å². The van der Waals surface area contributed by atoms with E-state index in [4.69, 9.17) is 10.5 Å². The first-order valence-electron chi connectivity index (χ1n) is 8.06. The summed E-state index contributed by atoms with van der Waals surface area (Å²) in [6.45, 7) is 11.8. The number of morpholine rings is 1. The van der Waals surface area contributed by atoms with Crippen molar-refractivity contribution in [2.45, 2.75) is 77.0 Å². The lowest BCUT2D eigenvalue weighted by molar-refractivity contribution is -0.165. The Labute approximate surface area is 118 Å². The molecule has 1 heterocycles. The molecule has 2 N–H and O–H groups in total. The van der Waals surface area contributed by atoms with E-state index in [1.165, 1.54) is 32.1 Å². The Morgan fingerprint density at radius 3 is 2.63 bits per heavy atom. The third-order valence-corrected chi connectivity index (χ3v) is 5.22. The summed E-state index contributed by atoms with van der Waals surface area (Å²) in [7, 11) is 0. The highest BCUT2D eigenvalue weighted by molar-refractivity contribution is 5.02. The van der Waals surface area contributed by atoms with Gasteiger partial charge in [0, 0.05) is 25.2 Å². The molecule has 0 aromatic rings. The van der Waals surface area contributed by atoms with Crippen molar-refractivity contribution < 1.29 is 4.74 Å². The molecule has 2 aliphatic rings. The van der Waals surface area contributed by atoms with E-state index < -0.39 is 0 Å². The maximum atomic E-state index is 6.29. The van der Waals surface area contributed by atoms with Gasteiger partial charge in [0.2, 0.25) is 0 Å². The molecule has 1 saturated heterocycles. The Bertz CT molecular complexity index is 305. The zero-order valence-corrected chi connectivity index (χ0v) is 13.2. The fourth-order valence-corrected chi connectivity index (χ4v) is 4.49. The fraction of sp³-hybridized carbons (Fsp3) is 1.00. The van der Waals surface area contributed by atoms with E-state index in [9.17, 15) is 0 Å². The minimum Gasteiger partial charge on any atom is -0.370 e. The van der Waals surface area contributed by atoms with Crippen LogP contribution >= 0.6 is 0 Å². The molecule has 1 saturated carbocycles. The first-order valence-corrected chi connectivity index (χ1v) is 8.06. The van der Waals surface area contributed by atoms with E-state index in [0.717, 1.165) is 25.6 Å². The van der Waals surface area contributed by atoms with Crippen LogP contribution in [0, 0.1) is 5.92 Å². The van der Waals surface area contributed by atoms with Crippen LogP contribution in [0.2, 0.25) is 0 Å². The Morgan fingerprint density at radius 2 is 2.05 bits per heavy atom. The van der Waals surface area contributed by atoms with Crippen molar-refractivity contribution in [2.24, 2.45) is 11.7 Å². The molecule has 0 aromatic heterocycles. The predicted octanol–water partition coefficient (Wildman–Crippen LogP) is 2.78. The van der Waals surface area contributed by atoms with Crippen LogP contribution < -0.4 is 5.73 Å². The number of nitrogens with two attached hydrogens (primary N) is 1. The molecule has 112 valence electrons. The molecule has 3 heteroatoms. The van der Waals surface area contributed by atoms with Gasteiger partial charge < -0.3 is 10.5 Å². The number of hydrogen-bond acceptors (Lipinski definition) is 3. The maximum absolute atomic E-state index is 6.29. The standard InChI is InChI=1S/C16H32N2O/c1-5-14-8-6-7-9-16(14,11-17)18-10-13(2)19-15(3,4)12-18/h13-14H,5-12,17H2,1-4H3. The molecular weight excluding hydrogens is 236 g/mol. The lowest BCUT2D eigenvalue weighted by atomic mass is 9.69. The minimum atomic E-state index is -0.0461. The number of ether oxygens (including phenoxy) is 1. The first-order chi connectivity index (χ1) is 8.93. The highest BCUT2D eigenvalue weighted by Gasteiger charge is 2.47. The monoisotopic (exact) mass is 268 g/mol. The molecule has 0 amide bonds. The van der Waals surface area contributed by atoms with Crippen LogP contribution in [0.25, 0.3) is 0 Å². The Balaban J connectivity index is 2.23. The van der Waals surface area contributed by atoms with Crippen LogP contribution in [0.4, 0.5) is 0 Å². The minimum absolute atomic E-state index is 0.0461. The quantitative estimate of drug-likeness (QED) is 0.855. The van der Waals surface area contributed by atoms with Crippen molar-refractivity contribution in [1.82, 2.24) is 4.90 Å². The van der Waals surface area contributed by atoms with Crippen molar-refractivity contribution in [1.29, 1.82) is 0 Å². The smallest absolute Gasteiger partial charge is 0.0757 e.